The second kappa shape index (κ2) is 2.01. The van der Waals surface area contributed by atoms with Crippen LogP contribution in [-0.2, 0) is 0 Å². The molecule has 1 aliphatic heterocycles. The summed E-state index contributed by atoms with van der Waals surface area (Å²) in [6.45, 7) is 2.98. The Morgan fingerprint density at radius 1 is 1.80 bits per heavy atom. The molecular formula is C7H10N2O. The molecule has 1 aromatic heterocycles. The normalized spacial score (nSPS) is 23.5. The third-order valence-electron chi connectivity index (χ3n) is 1.84. The van der Waals surface area contributed by atoms with Crippen LogP contribution in [0.25, 0.3) is 0 Å². The Kier molecular flexibility index (Phi) is 1.16. The Hall–Kier alpha value is -0.990. The summed E-state index contributed by atoms with van der Waals surface area (Å²) in [5.74, 6) is 0.902. The van der Waals surface area contributed by atoms with Crippen molar-refractivity contribution in [2.75, 3.05) is 6.61 Å². The number of rotatable bonds is 0. The molecule has 0 aliphatic carbocycles. The summed E-state index contributed by atoms with van der Waals surface area (Å²) < 4.78 is 7.25. The van der Waals surface area contributed by atoms with Crippen LogP contribution >= 0.6 is 0 Å². The van der Waals surface area contributed by atoms with Crippen LogP contribution in [0.2, 0.25) is 0 Å². The SMILES string of the molecule is CC1CCOc2ccnn21. The molecule has 2 heterocycles. The maximum Gasteiger partial charge on any atom is 0.211 e. The average Bonchev–Trinajstić information content (AvgIpc) is 2.36. The van der Waals surface area contributed by atoms with Crippen molar-refractivity contribution in [3.63, 3.8) is 0 Å². The molecule has 0 radical (unpaired) electrons. The van der Waals surface area contributed by atoms with Crippen LogP contribution in [0.4, 0.5) is 0 Å². The maximum atomic E-state index is 5.33. The fourth-order valence-corrected chi connectivity index (χ4v) is 1.20. The van der Waals surface area contributed by atoms with E-state index in [0.29, 0.717) is 6.04 Å². The first-order valence-corrected chi connectivity index (χ1v) is 3.54. The van der Waals surface area contributed by atoms with E-state index in [4.69, 9.17) is 4.74 Å². The highest BCUT2D eigenvalue weighted by Crippen LogP contribution is 2.23. The predicted molar refractivity (Wildman–Crippen MR) is 37.1 cm³/mol. The molecule has 0 saturated heterocycles. The predicted octanol–water partition coefficient (Wildman–Crippen LogP) is 1.23. The minimum atomic E-state index is 0.499. The molecular weight excluding hydrogens is 128 g/mol. The minimum absolute atomic E-state index is 0.499. The van der Waals surface area contributed by atoms with Crippen molar-refractivity contribution in [2.24, 2.45) is 0 Å². The van der Waals surface area contributed by atoms with Gasteiger partial charge in [0.15, 0.2) is 0 Å². The Balaban J connectivity index is 2.41. The van der Waals surface area contributed by atoms with Gasteiger partial charge in [-0.2, -0.15) is 5.10 Å². The van der Waals surface area contributed by atoms with E-state index >= 15 is 0 Å². The zero-order chi connectivity index (χ0) is 6.97. The third kappa shape index (κ3) is 0.701. The standard InChI is InChI=1S/C7H10N2O/c1-6-3-5-10-7-2-4-8-9(6)7/h2,4,6H,3,5H2,1H3. The molecule has 0 N–H and O–H groups in total. The van der Waals surface area contributed by atoms with Gasteiger partial charge in [0.25, 0.3) is 0 Å². The number of fused-ring (bicyclic) bond motifs is 1. The molecule has 3 nitrogen and oxygen atoms in total. The largest absolute Gasteiger partial charge is 0.478 e. The summed E-state index contributed by atoms with van der Waals surface area (Å²) in [6.07, 6.45) is 2.84. The van der Waals surface area contributed by atoms with Crippen LogP contribution in [-0.4, -0.2) is 16.4 Å². The summed E-state index contributed by atoms with van der Waals surface area (Å²) in [7, 11) is 0. The summed E-state index contributed by atoms with van der Waals surface area (Å²) in [4.78, 5) is 0. The van der Waals surface area contributed by atoms with Crippen LogP contribution in [0.5, 0.6) is 5.88 Å². The molecule has 0 spiro atoms. The Morgan fingerprint density at radius 3 is 3.50 bits per heavy atom. The first-order valence-electron chi connectivity index (χ1n) is 3.54. The molecule has 3 heteroatoms. The van der Waals surface area contributed by atoms with Crippen LogP contribution in [0.1, 0.15) is 19.4 Å². The van der Waals surface area contributed by atoms with Crippen LogP contribution < -0.4 is 4.74 Å². The lowest BCUT2D eigenvalue weighted by molar-refractivity contribution is 0.201. The molecule has 1 unspecified atom stereocenters. The van der Waals surface area contributed by atoms with E-state index in [1.165, 1.54) is 0 Å². The highest BCUT2D eigenvalue weighted by Gasteiger charge is 2.15. The van der Waals surface area contributed by atoms with Crippen molar-refractivity contribution < 1.29 is 4.74 Å². The van der Waals surface area contributed by atoms with E-state index in [1.54, 1.807) is 6.20 Å². The zero-order valence-electron chi connectivity index (χ0n) is 5.95. The molecule has 1 aromatic rings. The van der Waals surface area contributed by atoms with Gasteiger partial charge < -0.3 is 4.74 Å². The maximum absolute atomic E-state index is 5.33. The van der Waals surface area contributed by atoms with E-state index in [1.807, 2.05) is 10.7 Å². The van der Waals surface area contributed by atoms with E-state index in [9.17, 15) is 0 Å². The molecule has 1 atom stereocenters. The smallest absolute Gasteiger partial charge is 0.211 e. The van der Waals surface area contributed by atoms with Gasteiger partial charge >= 0.3 is 0 Å². The Morgan fingerprint density at radius 2 is 2.70 bits per heavy atom. The van der Waals surface area contributed by atoms with E-state index in [0.717, 1.165) is 18.9 Å². The van der Waals surface area contributed by atoms with Gasteiger partial charge in [-0.1, -0.05) is 0 Å². The van der Waals surface area contributed by atoms with Gasteiger partial charge in [0.2, 0.25) is 5.88 Å². The fraction of sp³-hybridized carbons (Fsp3) is 0.571. The van der Waals surface area contributed by atoms with Gasteiger partial charge in [-0.15, -0.1) is 0 Å². The summed E-state index contributed by atoms with van der Waals surface area (Å²) >= 11 is 0. The molecule has 54 valence electrons. The number of ether oxygens (including phenoxy) is 1. The van der Waals surface area contributed by atoms with Crippen molar-refractivity contribution in [3.8, 4) is 5.88 Å². The minimum Gasteiger partial charge on any atom is -0.478 e. The van der Waals surface area contributed by atoms with Crippen molar-refractivity contribution in [2.45, 2.75) is 19.4 Å². The molecule has 0 fully saturated rings. The second-order valence-electron chi connectivity index (χ2n) is 2.60. The summed E-state index contributed by atoms with van der Waals surface area (Å²) in [5, 5.41) is 4.13. The molecule has 10 heavy (non-hydrogen) atoms. The van der Waals surface area contributed by atoms with Crippen LogP contribution in [0.15, 0.2) is 12.3 Å². The van der Waals surface area contributed by atoms with Crippen molar-refractivity contribution in [1.82, 2.24) is 9.78 Å². The zero-order valence-corrected chi connectivity index (χ0v) is 5.95. The first kappa shape index (κ1) is 5.77. The average molecular weight is 138 g/mol. The lowest BCUT2D eigenvalue weighted by Crippen LogP contribution is -2.18. The van der Waals surface area contributed by atoms with E-state index in [-0.39, 0.29) is 0 Å². The summed E-state index contributed by atoms with van der Waals surface area (Å²) in [6, 6.07) is 2.40. The Labute approximate surface area is 59.6 Å². The van der Waals surface area contributed by atoms with Crippen LogP contribution in [0.3, 0.4) is 0 Å². The van der Waals surface area contributed by atoms with Gasteiger partial charge in [-0.25, -0.2) is 4.68 Å². The van der Waals surface area contributed by atoms with Crippen molar-refractivity contribution in [1.29, 1.82) is 0 Å². The molecule has 2 rings (SSSR count). The van der Waals surface area contributed by atoms with Gasteiger partial charge in [0.05, 0.1) is 18.8 Å². The van der Waals surface area contributed by atoms with Gasteiger partial charge in [-0.05, 0) is 6.92 Å². The highest BCUT2D eigenvalue weighted by atomic mass is 16.5. The van der Waals surface area contributed by atoms with E-state index < -0.39 is 0 Å². The lowest BCUT2D eigenvalue weighted by Gasteiger charge is -2.20. The van der Waals surface area contributed by atoms with Crippen molar-refractivity contribution in [3.05, 3.63) is 12.3 Å². The molecule has 0 bridgehead atoms. The Bertz CT molecular complexity index is 231. The quantitative estimate of drug-likeness (QED) is 0.539. The number of aromatic nitrogens is 2. The fourth-order valence-electron chi connectivity index (χ4n) is 1.20. The van der Waals surface area contributed by atoms with E-state index in [2.05, 4.69) is 12.0 Å². The van der Waals surface area contributed by atoms with Gasteiger partial charge in [-0.3, -0.25) is 0 Å². The number of hydrogen-bond donors (Lipinski definition) is 0. The highest BCUT2D eigenvalue weighted by molar-refractivity contribution is 5.10. The lowest BCUT2D eigenvalue weighted by atomic mass is 10.2. The second-order valence-corrected chi connectivity index (χ2v) is 2.60. The number of nitrogens with zero attached hydrogens (tertiary/aromatic N) is 2. The molecule has 0 amide bonds. The van der Waals surface area contributed by atoms with Crippen LogP contribution in [0, 0.1) is 0 Å². The molecule has 0 aromatic carbocycles. The molecule has 1 aliphatic rings. The number of hydrogen-bond acceptors (Lipinski definition) is 2. The monoisotopic (exact) mass is 138 g/mol. The first-order chi connectivity index (χ1) is 4.88. The third-order valence-corrected chi connectivity index (χ3v) is 1.84. The molecule has 0 saturated carbocycles. The topological polar surface area (TPSA) is 27.1 Å². The summed E-state index contributed by atoms with van der Waals surface area (Å²) in [5.41, 5.74) is 0. The van der Waals surface area contributed by atoms with Gasteiger partial charge in [0.1, 0.15) is 0 Å². The van der Waals surface area contributed by atoms with Crippen molar-refractivity contribution >= 4 is 0 Å². The van der Waals surface area contributed by atoms with Gasteiger partial charge in [0, 0.05) is 12.5 Å².